The van der Waals surface area contributed by atoms with E-state index in [2.05, 4.69) is 34.1 Å². The van der Waals surface area contributed by atoms with Crippen molar-refractivity contribution in [1.29, 1.82) is 0 Å². The number of nitrogens with zero attached hydrogens (tertiary/aromatic N) is 3. The van der Waals surface area contributed by atoms with Crippen molar-refractivity contribution >= 4 is 22.6 Å². The summed E-state index contributed by atoms with van der Waals surface area (Å²) in [5, 5.41) is 1.77. The number of carbonyl (C=O) groups is 2. The van der Waals surface area contributed by atoms with Crippen molar-refractivity contribution in [3.05, 3.63) is 114 Å². The Labute approximate surface area is 204 Å². The number of amides is 1. The number of hydrogen-bond acceptors (Lipinski definition) is 5. The Hall–Kier alpha value is -4.03. The van der Waals surface area contributed by atoms with Crippen LogP contribution >= 0.6 is 0 Å². The molecule has 35 heavy (non-hydrogen) atoms. The van der Waals surface area contributed by atoms with E-state index in [9.17, 15) is 9.59 Å². The second-order valence-corrected chi connectivity index (χ2v) is 8.66. The quantitative estimate of drug-likeness (QED) is 0.411. The van der Waals surface area contributed by atoms with Gasteiger partial charge in [0.05, 0.1) is 18.7 Å². The lowest BCUT2D eigenvalue weighted by Gasteiger charge is -2.44. The minimum Gasteiger partial charge on any atom is -0.468 e. The molecule has 1 aliphatic rings. The molecule has 6 nitrogen and oxygen atoms in total. The maximum absolute atomic E-state index is 13.6. The standard InChI is InChI=1S/C29H27N3O3/c1-35-29(34)26-20-31(28(33)25-19-30-18-23-14-8-9-15-24(23)25)16-17-32(26)27(21-10-4-2-5-11-21)22-12-6-3-7-13-22/h2-15,18-19,26-27H,16-17,20H2,1H3/t26-/m0/s1. The van der Waals surface area contributed by atoms with E-state index >= 15 is 0 Å². The van der Waals surface area contributed by atoms with Gasteiger partial charge in [-0.1, -0.05) is 84.9 Å². The number of piperazine rings is 1. The molecule has 1 amide bonds. The lowest BCUT2D eigenvalue weighted by atomic mass is 9.94. The molecule has 4 aromatic rings. The van der Waals surface area contributed by atoms with Crippen molar-refractivity contribution in [3.8, 4) is 0 Å². The van der Waals surface area contributed by atoms with E-state index in [1.165, 1.54) is 7.11 Å². The summed E-state index contributed by atoms with van der Waals surface area (Å²) in [7, 11) is 1.40. The Balaban J connectivity index is 1.49. The monoisotopic (exact) mass is 465 g/mol. The Morgan fingerprint density at radius 3 is 2.14 bits per heavy atom. The van der Waals surface area contributed by atoms with E-state index < -0.39 is 6.04 Å². The van der Waals surface area contributed by atoms with Gasteiger partial charge in [-0.25, -0.2) is 0 Å². The predicted molar refractivity (Wildman–Crippen MR) is 135 cm³/mol. The highest BCUT2D eigenvalue weighted by Crippen LogP contribution is 2.33. The Bertz CT molecular complexity index is 1280. The number of carbonyl (C=O) groups excluding carboxylic acids is 2. The molecular weight excluding hydrogens is 438 g/mol. The van der Waals surface area contributed by atoms with Crippen molar-refractivity contribution in [1.82, 2.24) is 14.8 Å². The highest BCUT2D eigenvalue weighted by Gasteiger charge is 2.40. The zero-order chi connectivity index (χ0) is 24.2. The smallest absolute Gasteiger partial charge is 0.324 e. The molecule has 0 aliphatic carbocycles. The molecule has 0 N–H and O–H groups in total. The molecule has 6 heteroatoms. The molecule has 0 bridgehead atoms. The fourth-order valence-electron chi connectivity index (χ4n) is 4.94. The second-order valence-electron chi connectivity index (χ2n) is 8.66. The van der Waals surface area contributed by atoms with Crippen LogP contribution in [0.5, 0.6) is 0 Å². The summed E-state index contributed by atoms with van der Waals surface area (Å²) in [5.41, 5.74) is 2.72. The molecule has 1 aliphatic heterocycles. The lowest BCUT2D eigenvalue weighted by molar-refractivity contribution is -0.150. The number of rotatable bonds is 5. The average Bonchev–Trinajstić information content (AvgIpc) is 2.93. The maximum Gasteiger partial charge on any atom is 0.324 e. The van der Waals surface area contributed by atoms with E-state index in [-0.39, 0.29) is 24.5 Å². The van der Waals surface area contributed by atoms with Crippen molar-refractivity contribution in [2.24, 2.45) is 0 Å². The number of benzene rings is 3. The first kappa shape index (κ1) is 22.7. The molecule has 0 spiro atoms. The van der Waals surface area contributed by atoms with E-state index in [1.54, 1.807) is 17.3 Å². The van der Waals surface area contributed by atoms with Crippen LogP contribution in [-0.2, 0) is 9.53 Å². The summed E-state index contributed by atoms with van der Waals surface area (Å²) in [4.78, 5) is 34.8. The first-order valence-electron chi connectivity index (χ1n) is 11.7. The van der Waals surface area contributed by atoms with Crippen LogP contribution in [0.2, 0.25) is 0 Å². The average molecular weight is 466 g/mol. The fourth-order valence-corrected chi connectivity index (χ4v) is 4.94. The van der Waals surface area contributed by atoms with E-state index in [0.29, 0.717) is 18.7 Å². The summed E-state index contributed by atoms with van der Waals surface area (Å²) in [5.74, 6) is -0.478. The van der Waals surface area contributed by atoms with Crippen molar-refractivity contribution < 1.29 is 14.3 Å². The zero-order valence-corrected chi connectivity index (χ0v) is 19.6. The third kappa shape index (κ3) is 4.53. The van der Waals surface area contributed by atoms with Gasteiger partial charge in [-0.3, -0.25) is 19.5 Å². The van der Waals surface area contributed by atoms with E-state index in [4.69, 9.17) is 4.74 Å². The highest BCUT2D eigenvalue weighted by atomic mass is 16.5. The Kier molecular flexibility index (Phi) is 6.55. The third-order valence-electron chi connectivity index (χ3n) is 6.64. The van der Waals surface area contributed by atoms with E-state index in [0.717, 1.165) is 21.9 Å². The first-order chi connectivity index (χ1) is 17.2. The second kappa shape index (κ2) is 10.1. The maximum atomic E-state index is 13.6. The number of fused-ring (bicyclic) bond motifs is 1. The molecule has 1 aromatic heterocycles. The van der Waals surface area contributed by atoms with E-state index in [1.807, 2.05) is 60.7 Å². The summed E-state index contributed by atoms with van der Waals surface area (Å²) in [6.45, 7) is 1.26. The molecule has 0 saturated carbocycles. The van der Waals surface area contributed by atoms with Crippen LogP contribution < -0.4 is 0 Å². The molecule has 3 aromatic carbocycles. The molecule has 5 rings (SSSR count). The fraction of sp³-hybridized carbons (Fsp3) is 0.207. The van der Waals surface area contributed by atoms with Gasteiger partial charge < -0.3 is 9.64 Å². The number of aromatic nitrogens is 1. The lowest BCUT2D eigenvalue weighted by Crippen LogP contribution is -2.59. The molecule has 0 unspecified atom stereocenters. The van der Waals surface area contributed by atoms with Crippen LogP contribution in [0, 0.1) is 0 Å². The van der Waals surface area contributed by atoms with Gasteiger partial charge in [0.1, 0.15) is 6.04 Å². The first-order valence-corrected chi connectivity index (χ1v) is 11.7. The van der Waals surface area contributed by atoms with Gasteiger partial charge in [0, 0.05) is 37.4 Å². The molecule has 0 radical (unpaired) electrons. The van der Waals surface area contributed by atoms with Crippen LogP contribution in [-0.4, -0.2) is 59.4 Å². The number of pyridine rings is 1. The van der Waals surface area contributed by atoms with Gasteiger partial charge in [-0.15, -0.1) is 0 Å². The van der Waals surface area contributed by atoms with Crippen LogP contribution in [0.15, 0.2) is 97.3 Å². The minimum absolute atomic E-state index is 0.126. The summed E-state index contributed by atoms with van der Waals surface area (Å²) < 4.78 is 5.21. The van der Waals surface area contributed by atoms with Crippen LogP contribution in [0.1, 0.15) is 27.5 Å². The third-order valence-corrected chi connectivity index (χ3v) is 6.64. The molecule has 176 valence electrons. The Morgan fingerprint density at radius 2 is 1.49 bits per heavy atom. The summed E-state index contributed by atoms with van der Waals surface area (Å²) in [6, 6.07) is 27.3. The van der Waals surface area contributed by atoms with Gasteiger partial charge in [0.25, 0.3) is 5.91 Å². The zero-order valence-electron chi connectivity index (χ0n) is 19.6. The van der Waals surface area contributed by atoms with Gasteiger partial charge in [-0.05, 0) is 16.5 Å². The predicted octanol–water partition coefficient (Wildman–Crippen LogP) is 4.32. The summed E-state index contributed by atoms with van der Waals surface area (Å²) in [6.07, 6.45) is 3.37. The Morgan fingerprint density at radius 1 is 0.857 bits per heavy atom. The number of hydrogen-bond donors (Lipinski definition) is 0. The van der Waals surface area contributed by atoms with Crippen molar-refractivity contribution in [3.63, 3.8) is 0 Å². The number of esters is 1. The van der Waals surface area contributed by atoms with Gasteiger partial charge >= 0.3 is 5.97 Å². The van der Waals surface area contributed by atoms with Crippen LogP contribution in [0.25, 0.3) is 10.8 Å². The molecule has 2 heterocycles. The topological polar surface area (TPSA) is 62.7 Å². The number of ether oxygens (including phenoxy) is 1. The number of methoxy groups -OCH3 is 1. The van der Waals surface area contributed by atoms with Gasteiger partial charge in [-0.2, -0.15) is 0 Å². The minimum atomic E-state index is -0.606. The largest absolute Gasteiger partial charge is 0.468 e. The molecule has 1 atom stereocenters. The summed E-state index contributed by atoms with van der Waals surface area (Å²) >= 11 is 0. The van der Waals surface area contributed by atoms with Crippen LogP contribution in [0.3, 0.4) is 0 Å². The van der Waals surface area contributed by atoms with Crippen molar-refractivity contribution in [2.45, 2.75) is 12.1 Å². The van der Waals surface area contributed by atoms with Gasteiger partial charge in [0.2, 0.25) is 0 Å². The van der Waals surface area contributed by atoms with Crippen LogP contribution in [0.4, 0.5) is 0 Å². The molecule has 1 fully saturated rings. The van der Waals surface area contributed by atoms with Gasteiger partial charge in [0.15, 0.2) is 0 Å². The SMILES string of the molecule is COC(=O)[C@@H]1CN(C(=O)c2cncc3ccccc23)CCN1C(c1ccccc1)c1ccccc1. The highest BCUT2D eigenvalue weighted by molar-refractivity contribution is 6.06. The normalized spacial score (nSPS) is 16.4. The van der Waals surface area contributed by atoms with Crippen molar-refractivity contribution in [2.75, 3.05) is 26.7 Å². The molecular formula is C29H27N3O3. The molecule has 1 saturated heterocycles.